The Kier molecular flexibility index (Phi) is 3.92. The van der Waals surface area contributed by atoms with Gasteiger partial charge in [-0.25, -0.2) is 0 Å². The highest BCUT2D eigenvalue weighted by molar-refractivity contribution is 9.10. The van der Waals surface area contributed by atoms with Crippen LogP contribution in [0.4, 0.5) is 0 Å². The van der Waals surface area contributed by atoms with Crippen molar-refractivity contribution in [1.82, 2.24) is 4.98 Å². The van der Waals surface area contributed by atoms with E-state index in [1.807, 2.05) is 6.07 Å². The lowest BCUT2D eigenvalue weighted by atomic mass is 9.92. The zero-order valence-electron chi connectivity index (χ0n) is 14.2. The summed E-state index contributed by atoms with van der Waals surface area (Å²) in [4.78, 5) is 3.62. The van der Waals surface area contributed by atoms with Crippen molar-refractivity contribution in [3.05, 3.63) is 106 Å². The molecular weight excluding hydrogens is 386 g/mol. The van der Waals surface area contributed by atoms with Gasteiger partial charge in [-0.15, -0.1) is 0 Å². The van der Waals surface area contributed by atoms with Gasteiger partial charge < -0.3 is 9.72 Å². The molecule has 2 nitrogen and oxygen atoms in total. The molecule has 0 saturated heterocycles. The fourth-order valence-electron chi connectivity index (χ4n) is 3.89. The molecule has 0 spiro atoms. The molecule has 0 amide bonds. The predicted molar refractivity (Wildman–Crippen MR) is 108 cm³/mol. The molecule has 1 aliphatic heterocycles. The summed E-state index contributed by atoms with van der Waals surface area (Å²) in [7, 11) is 0. The number of rotatable bonds is 2. The lowest BCUT2D eigenvalue weighted by Crippen LogP contribution is -2.21. The van der Waals surface area contributed by atoms with Crippen LogP contribution in [0, 0.1) is 0 Å². The van der Waals surface area contributed by atoms with Gasteiger partial charge in [0.1, 0.15) is 6.10 Å². The van der Waals surface area contributed by atoms with Gasteiger partial charge in [0.05, 0.1) is 11.8 Å². The lowest BCUT2D eigenvalue weighted by molar-refractivity contribution is -0.00700. The Balaban J connectivity index is 1.69. The van der Waals surface area contributed by atoms with E-state index in [0.717, 1.165) is 16.4 Å². The number of H-pyrrole nitrogens is 1. The summed E-state index contributed by atoms with van der Waals surface area (Å²) in [6, 6.07) is 27.4. The molecular formula is C23H18BrNO. The first-order valence-corrected chi connectivity index (χ1v) is 9.64. The minimum absolute atomic E-state index is 0.0480. The second-order valence-corrected chi connectivity index (χ2v) is 7.65. The van der Waals surface area contributed by atoms with Crippen LogP contribution in [0.25, 0.3) is 10.9 Å². The number of ether oxygens (including phenoxy) is 1. The molecule has 0 bridgehead atoms. The third-order valence-corrected chi connectivity index (χ3v) is 5.62. The molecule has 26 heavy (non-hydrogen) atoms. The average molecular weight is 404 g/mol. The second kappa shape index (κ2) is 6.42. The van der Waals surface area contributed by atoms with Crippen molar-refractivity contribution in [3.63, 3.8) is 0 Å². The van der Waals surface area contributed by atoms with Gasteiger partial charge in [-0.1, -0.05) is 76.6 Å². The normalized spacial score (nSPS) is 19.4. The molecule has 0 saturated carbocycles. The maximum atomic E-state index is 6.60. The van der Waals surface area contributed by atoms with Gasteiger partial charge in [0.2, 0.25) is 0 Å². The molecule has 1 aromatic heterocycles. The highest BCUT2D eigenvalue weighted by atomic mass is 79.9. The van der Waals surface area contributed by atoms with Crippen molar-refractivity contribution in [2.24, 2.45) is 0 Å². The molecule has 3 aromatic carbocycles. The summed E-state index contributed by atoms with van der Waals surface area (Å²) in [5.74, 6) is 0. The number of aromatic amines is 1. The van der Waals surface area contributed by atoms with E-state index in [4.69, 9.17) is 4.74 Å². The molecule has 0 unspecified atom stereocenters. The van der Waals surface area contributed by atoms with Gasteiger partial charge in [0, 0.05) is 21.8 Å². The monoisotopic (exact) mass is 403 g/mol. The molecule has 1 N–H and O–H groups in total. The van der Waals surface area contributed by atoms with Crippen molar-refractivity contribution >= 4 is 26.8 Å². The van der Waals surface area contributed by atoms with E-state index in [2.05, 4.69) is 93.7 Å². The minimum atomic E-state index is -0.0867. The first-order chi connectivity index (χ1) is 12.8. The largest absolute Gasteiger partial charge is 0.359 e. The fourth-order valence-corrected chi connectivity index (χ4v) is 4.25. The summed E-state index contributed by atoms with van der Waals surface area (Å²) < 4.78 is 7.70. The van der Waals surface area contributed by atoms with Crippen LogP contribution in [0.5, 0.6) is 0 Å². The summed E-state index contributed by atoms with van der Waals surface area (Å²) >= 11 is 3.62. The first kappa shape index (κ1) is 15.9. The van der Waals surface area contributed by atoms with Crippen molar-refractivity contribution < 1.29 is 4.74 Å². The van der Waals surface area contributed by atoms with Gasteiger partial charge in [0.15, 0.2) is 0 Å². The molecule has 3 heteroatoms. The molecule has 4 aromatic rings. The maximum absolute atomic E-state index is 6.60. The molecule has 0 aliphatic carbocycles. The number of aromatic nitrogens is 1. The predicted octanol–water partition coefficient (Wildman–Crippen LogP) is 6.33. The van der Waals surface area contributed by atoms with Crippen LogP contribution in [-0.2, 0) is 11.2 Å². The van der Waals surface area contributed by atoms with E-state index < -0.39 is 0 Å². The Morgan fingerprint density at radius 1 is 0.846 bits per heavy atom. The number of halogens is 1. The maximum Gasteiger partial charge on any atom is 0.123 e. The van der Waals surface area contributed by atoms with E-state index in [0.29, 0.717) is 0 Å². The van der Waals surface area contributed by atoms with E-state index >= 15 is 0 Å². The van der Waals surface area contributed by atoms with E-state index in [1.165, 1.54) is 27.8 Å². The van der Waals surface area contributed by atoms with E-state index in [1.54, 1.807) is 0 Å². The summed E-state index contributed by atoms with van der Waals surface area (Å²) in [6.45, 7) is 0. The Labute approximate surface area is 161 Å². The van der Waals surface area contributed by atoms with Gasteiger partial charge in [-0.05, 0) is 34.9 Å². The summed E-state index contributed by atoms with van der Waals surface area (Å²) in [6.07, 6.45) is 0.835. The highest BCUT2D eigenvalue weighted by Crippen LogP contribution is 2.43. The van der Waals surface area contributed by atoms with Crippen molar-refractivity contribution in [2.45, 2.75) is 18.6 Å². The van der Waals surface area contributed by atoms with E-state index in [-0.39, 0.29) is 12.2 Å². The van der Waals surface area contributed by atoms with E-state index in [9.17, 15) is 0 Å². The van der Waals surface area contributed by atoms with Crippen LogP contribution < -0.4 is 0 Å². The van der Waals surface area contributed by atoms with Gasteiger partial charge in [0.25, 0.3) is 0 Å². The topological polar surface area (TPSA) is 25.0 Å². The molecule has 0 fully saturated rings. The zero-order valence-corrected chi connectivity index (χ0v) is 15.7. The SMILES string of the molecule is Brc1ccc2[nH]c3c(c2c1)C[C@@H](c1ccccc1)O[C@H]3c1ccccc1. The van der Waals surface area contributed by atoms with Crippen molar-refractivity contribution in [3.8, 4) is 0 Å². The molecule has 128 valence electrons. The van der Waals surface area contributed by atoms with Crippen molar-refractivity contribution in [2.75, 3.05) is 0 Å². The lowest BCUT2D eigenvalue weighted by Gasteiger charge is -2.31. The Hall–Kier alpha value is -2.36. The molecule has 0 radical (unpaired) electrons. The fraction of sp³-hybridized carbons (Fsp3) is 0.130. The van der Waals surface area contributed by atoms with Crippen LogP contribution in [0.2, 0.25) is 0 Å². The highest BCUT2D eigenvalue weighted by Gasteiger charge is 2.32. The number of fused-ring (bicyclic) bond motifs is 3. The van der Waals surface area contributed by atoms with Gasteiger partial charge >= 0.3 is 0 Å². The van der Waals surface area contributed by atoms with Gasteiger partial charge in [-0.2, -0.15) is 0 Å². The Bertz CT molecular complexity index is 1060. The molecule has 2 heterocycles. The average Bonchev–Trinajstić information content (AvgIpc) is 3.06. The number of hydrogen-bond donors (Lipinski definition) is 1. The quantitative estimate of drug-likeness (QED) is 0.415. The van der Waals surface area contributed by atoms with Crippen LogP contribution in [-0.4, -0.2) is 4.98 Å². The van der Waals surface area contributed by atoms with Crippen LogP contribution >= 0.6 is 15.9 Å². The standard InChI is InChI=1S/C23H18BrNO/c24-17-11-12-20-18(13-17)19-14-21(15-7-3-1-4-8-15)26-23(22(19)25-20)16-9-5-2-6-10-16/h1-13,21,23,25H,14H2/t21-,23-/m0/s1. The Morgan fingerprint density at radius 3 is 2.27 bits per heavy atom. The number of benzene rings is 3. The second-order valence-electron chi connectivity index (χ2n) is 6.74. The smallest absolute Gasteiger partial charge is 0.123 e. The van der Waals surface area contributed by atoms with Crippen molar-refractivity contribution in [1.29, 1.82) is 0 Å². The number of nitrogens with one attached hydrogen (secondary N) is 1. The third-order valence-electron chi connectivity index (χ3n) is 5.13. The van der Waals surface area contributed by atoms with Crippen LogP contribution in [0.15, 0.2) is 83.3 Å². The third kappa shape index (κ3) is 2.68. The minimum Gasteiger partial charge on any atom is -0.359 e. The molecule has 2 atom stereocenters. The van der Waals surface area contributed by atoms with Gasteiger partial charge in [-0.3, -0.25) is 0 Å². The number of hydrogen-bond acceptors (Lipinski definition) is 1. The Morgan fingerprint density at radius 2 is 1.54 bits per heavy atom. The first-order valence-electron chi connectivity index (χ1n) is 8.85. The summed E-state index contributed by atoms with van der Waals surface area (Å²) in [5, 5.41) is 1.28. The molecule has 5 rings (SSSR count). The zero-order chi connectivity index (χ0) is 17.5. The summed E-state index contributed by atoms with van der Waals surface area (Å²) in [5.41, 5.74) is 6.10. The van der Waals surface area contributed by atoms with Crippen LogP contribution in [0.3, 0.4) is 0 Å². The van der Waals surface area contributed by atoms with Crippen LogP contribution in [0.1, 0.15) is 34.6 Å². The molecule has 1 aliphatic rings.